The number of hydrogen-bond donors (Lipinski definition) is 1. The van der Waals surface area contributed by atoms with Gasteiger partial charge in [-0.1, -0.05) is 30.3 Å². The molecule has 1 N–H and O–H groups in total. The molecule has 1 aliphatic rings. The molecule has 1 saturated carbocycles. The van der Waals surface area contributed by atoms with Gasteiger partial charge in [0.2, 0.25) is 10.0 Å². The highest BCUT2D eigenvalue weighted by Gasteiger charge is 2.73. The van der Waals surface area contributed by atoms with E-state index in [2.05, 4.69) is 0 Å². The van der Waals surface area contributed by atoms with Gasteiger partial charge >= 0.3 is 18.5 Å². The summed E-state index contributed by atoms with van der Waals surface area (Å²) in [6.45, 7) is -0.740. The summed E-state index contributed by atoms with van der Waals surface area (Å²) in [5, 5.41) is 8.23. The lowest BCUT2D eigenvalue weighted by molar-refractivity contribution is -0.387. The molecule has 0 spiro atoms. The monoisotopic (exact) mass is 529 g/mol. The highest BCUT2D eigenvalue weighted by Crippen LogP contribution is 2.52. The number of rotatable bonds is 7. The molecule has 0 heterocycles. The molecule has 2 rings (SSSR count). The highest BCUT2D eigenvalue weighted by atomic mass is 32.2. The van der Waals surface area contributed by atoms with Crippen LogP contribution >= 0.6 is 0 Å². The van der Waals surface area contributed by atoms with Crippen molar-refractivity contribution in [1.82, 2.24) is 4.31 Å². The molecule has 14 heteroatoms. The van der Waals surface area contributed by atoms with Gasteiger partial charge in [-0.25, -0.2) is 8.42 Å². The summed E-state index contributed by atoms with van der Waals surface area (Å²) >= 11 is 0. The van der Waals surface area contributed by atoms with Crippen LogP contribution in [0, 0.1) is 5.92 Å². The highest BCUT2D eigenvalue weighted by molar-refractivity contribution is 7.89. The molecule has 0 radical (unpaired) electrons. The molecule has 196 valence electrons. The SMILES string of the molecule is CC(Cc1ccccc1)S(=O)(=O)N(CC(F)(F)F)C1CCC(C(O)(C(F)(F)F)C(F)(F)F)CC1. The molecule has 0 amide bonds. The Labute approximate surface area is 190 Å². The van der Waals surface area contributed by atoms with Gasteiger partial charge in [0, 0.05) is 12.0 Å². The Kier molecular flexibility index (Phi) is 8.31. The Morgan fingerprint density at radius 1 is 0.912 bits per heavy atom. The molecule has 0 aromatic heterocycles. The van der Waals surface area contributed by atoms with E-state index >= 15 is 0 Å². The molecular weight excluding hydrogens is 505 g/mol. The lowest BCUT2D eigenvalue weighted by Gasteiger charge is -2.44. The molecular formula is C20H24F9NO3S. The van der Waals surface area contributed by atoms with Gasteiger partial charge in [-0.15, -0.1) is 0 Å². The van der Waals surface area contributed by atoms with Crippen molar-refractivity contribution in [3.8, 4) is 0 Å². The quantitative estimate of drug-likeness (QED) is 0.493. The predicted octanol–water partition coefficient (Wildman–Crippen LogP) is 5.23. The number of alkyl halides is 9. The second-order valence-electron chi connectivity index (χ2n) is 8.47. The number of hydrogen-bond acceptors (Lipinski definition) is 3. The number of halogens is 9. The van der Waals surface area contributed by atoms with Gasteiger partial charge in [-0.2, -0.15) is 43.8 Å². The average Bonchev–Trinajstić information content (AvgIpc) is 2.70. The normalized spacial score (nSPS) is 22.1. The van der Waals surface area contributed by atoms with Crippen molar-refractivity contribution in [2.75, 3.05) is 6.54 Å². The fourth-order valence-corrected chi connectivity index (χ4v) is 6.11. The Bertz CT molecular complexity index is 892. The van der Waals surface area contributed by atoms with E-state index < -0.39 is 83.6 Å². The minimum Gasteiger partial charge on any atom is -0.373 e. The van der Waals surface area contributed by atoms with Crippen LogP contribution in [-0.4, -0.2) is 59.8 Å². The third-order valence-corrected chi connectivity index (χ3v) is 8.36. The van der Waals surface area contributed by atoms with Crippen LogP contribution in [0.15, 0.2) is 30.3 Å². The molecule has 1 aromatic carbocycles. The molecule has 1 unspecified atom stereocenters. The minimum absolute atomic E-state index is 0.136. The number of nitrogens with zero attached hydrogens (tertiary/aromatic N) is 1. The second kappa shape index (κ2) is 9.84. The maximum atomic E-state index is 13.2. The van der Waals surface area contributed by atoms with Crippen LogP contribution in [0.3, 0.4) is 0 Å². The summed E-state index contributed by atoms with van der Waals surface area (Å²) in [6.07, 6.45) is -20.6. The zero-order chi connectivity index (χ0) is 26.2. The first-order chi connectivity index (χ1) is 15.3. The number of sulfonamides is 1. The summed E-state index contributed by atoms with van der Waals surface area (Å²) in [7, 11) is -4.64. The molecule has 4 nitrogen and oxygen atoms in total. The fourth-order valence-electron chi connectivity index (χ4n) is 4.29. The molecule has 0 saturated heterocycles. The summed E-state index contributed by atoms with van der Waals surface area (Å²) < 4.78 is 145. The van der Waals surface area contributed by atoms with Gasteiger partial charge in [0.05, 0.1) is 5.25 Å². The first-order valence-electron chi connectivity index (χ1n) is 10.3. The molecule has 0 bridgehead atoms. The predicted molar refractivity (Wildman–Crippen MR) is 104 cm³/mol. The minimum atomic E-state index is -6.06. The average molecular weight is 529 g/mol. The molecule has 1 aromatic rings. The van der Waals surface area contributed by atoms with E-state index in [9.17, 15) is 53.0 Å². The lowest BCUT2D eigenvalue weighted by atomic mass is 9.74. The van der Waals surface area contributed by atoms with E-state index in [0.717, 1.165) is 0 Å². The lowest BCUT2D eigenvalue weighted by Crippen LogP contribution is -2.62. The Morgan fingerprint density at radius 2 is 1.38 bits per heavy atom. The van der Waals surface area contributed by atoms with Gasteiger partial charge in [0.15, 0.2) is 0 Å². The number of aliphatic hydroxyl groups is 1. The van der Waals surface area contributed by atoms with Crippen LogP contribution in [0.4, 0.5) is 39.5 Å². The van der Waals surface area contributed by atoms with E-state index in [0.29, 0.717) is 5.56 Å². The Hall–Kier alpha value is -1.54. The van der Waals surface area contributed by atoms with Crippen LogP contribution in [0.2, 0.25) is 0 Å². The van der Waals surface area contributed by atoms with Crippen molar-refractivity contribution in [2.45, 2.75) is 74.4 Å². The van der Waals surface area contributed by atoms with Crippen molar-refractivity contribution in [1.29, 1.82) is 0 Å². The Morgan fingerprint density at radius 3 is 1.79 bits per heavy atom. The first kappa shape index (κ1) is 28.7. The van der Waals surface area contributed by atoms with Crippen LogP contribution < -0.4 is 0 Å². The topological polar surface area (TPSA) is 57.6 Å². The third-order valence-electron chi connectivity index (χ3n) is 6.10. The summed E-state index contributed by atoms with van der Waals surface area (Å²) in [4.78, 5) is 0. The van der Waals surface area contributed by atoms with Crippen LogP contribution in [0.1, 0.15) is 38.2 Å². The fraction of sp³-hybridized carbons (Fsp3) is 0.700. The van der Waals surface area contributed by atoms with E-state index in [1.54, 1.807) is 30.3 Å². The summed E-state index contributed by atoms with van der Waals surface area (Å²) in [6, 6.07) is 6.53. The molecule has 34 heavy (non-hydrogen) atoms. The van der Waals surface area contributed by atoms with Gasteiger partial charge < -0.3 is 5.11 Å². The second-order valence-corrected chi connectivity index (χ2v) is 10.8. The van der Waals surface area contributed by atoms with Crippen molar-refractivity contribution in [3.63, 3.8) is 0 Å². The van der Waals surface area contributed by atoms with E-state index in [4.69, 9.17) is 0 Å². The van der Waals surface area contributed by atoms with Crippen molar-refractivity contribution in [3.05, 3.63) is 35.9 Å². The maximum absolute atomic E-state index is 13.2. The van der Waals surface area contributed by atoms with E-state index in [1.165, 1.54) is 6.92 Å². The van der Waals surface area contributed by atoms with Gasteiger partial charge in [0.1, 0.15) is 6.54 Å². The summed E-state index contributed by atoms with van der Waals surface area (Å²) in [5.41, 5.74) is -4.52. The van der Waals surface area contributed by atoms with E-state index in [-0.39, 0.29) is 10.7 Å². The maximum Gasteiger partial charge on any atom is 0.426 e. The first-order valence-corrected chi connectivity index (χ1v) is 11.8. The molecule has 1 fully saturated rings. The van der Waals surface area contributed by atoms with E-state index in [1.807, 2.05) is 0 Å². The van der Waals surface area contributed by atoms with Crippen molar-refractivity contribution in [2.24, 2.45) is 5.92 Å². The van der Waals surface area contributed by atoms with Crippen LogP contribution in [0.5, 0.6) is 0 Å². The largest absolute Gasteiger partial charge is 0.426 e. The zero-order valence-corrected chi connectivity index (χ0v) is 18.7. The standard InChI is InChI=1S/C20H24F9NO3S/c1-13(11-14-5-3-2-4-6-14)34(32,33)30(12-17(21,22)23)16-9-7-15(8-10-16)18(31,19(24,25)26)20(27,28)29/h2-6,13,15-16,31H,7-12H2,1H3. The molecule has 0 aliphatic heterocycles. The van der Waals surface area contributed by atoms with Gasteiger partial charge in [-0.05, 0) is 44.6 Å². The number of benzene rings is 1. The zero-order valence-electron chi connectivity index (χ0n) is 17.9. The van der Waals surface area contributed by atoms with Gasteiger partial charge in [0.25, 0.3) is 5.60 Å². The molecule has 1 aliphatic carbocycles. The molecule has 1 atom stereocenters. The van der Waals surface area contributed by atoms with Crippen LogP contribution in [-0.2, 0) is 16.4 Å². The van der Waals surface area contributed by atoms with Gasteiger partial charge in [-0.3, -0.25) is 0 Å². The third kappa shape index (κ3) is 6.17. The Balaban J connectivity index is 2.28. The van der Waals surface area contributed by atoms with Crippen molar-refractivity contribution < 1.29 is 53.0 Å². The summed E-state index contributed by atoms with van der Waals surface area (Å²) in [5.74, 6) is -2.37. The smallest absolute Gasteiger partial charge is 0.373 e. The van der Waals surface area contributed by atoms with Crippen molar-refractivity contribution >= 4 is 10.0 Å². The van der Waals surface area contributed by atoms with Crippen LogP contribution in [0.25, 0.3) is 0 Å².